The Morgan fingerprint density at radius 1 is 1.11 bits per heavy atom. The quantitative estimate of drug-likeness (QED) is 0.258. The zero-order chi connectivity index (χ0) is 26.2. The number of aliphatic imine (C=N–C) groups is 1. The summed E-state index contributed by atoms with van der Waals surface area (Å²) in [7, 11) is 1.95. The molecule has 1 amide bonds. The van der Waals surface area contributed by atoms with Crippen molar-refractivity contribution < 1.29 is 4.79 Å². The van der Waals surface area contributed by atoms with Crippen molar-refractivity contribution in [2.45, 2.75) is 26.2 Å². The van der Waals surface area contributed by atoms with Gasteiger partial charge in [-0.15, -0.1) is 0 Å². The highest BCUT2D eigenvalue weighted by Gasteiger charge is 2.25. The smallest absolute Gasteiger partial charge is 0.227 e. The molecule has 0 unspecified atom stereocenters. The first kappa shape index (κ1) is 23.5. The molecule has 1 aliphatic carbocycles. The molecule has 0 spiro atoms. The predicted molar refractivity (Wildman–Crippen MR) is 150 cm³/mol. The van der Waals surface area contributed by atoms with Crippen LogP contribution in [-0.4, -0.2) is 49.8 Å². The number of hydrogen-bond donors (Lipinski definition) is 3. The number of amides is 1. The average Bonchev–Trinajstić information content (AvgIpc) is 3.51. The molecule has 1 aliphatic rings. The van der Waals surface area contributed by atoms with E-state index in [0.29, 0.717) is 11.3 Å². The standard InChI is InChI=1S/C28H27N9O/c1-16(29-2)15-37(3)25-14-31-13-24-21(25)9-23(34-24)26-22-8-19(11-32-27(22)36-35-26)18-7-20(12-30-10-18)33-28(38)17-5-4-6-17/h7-15,17,34H,2,4-6H2,1,3H3,(H,33,38)(H,32,35,36)/b16-15-. The minimum atomic E-state index is 0.0608. The fourth-order valence-electron chi connectivity index (χ4n) is 4.68. The minimum Gasteiger partial charge on any atom is -0.352 e. The maximum atomic E-state index is 12.4. The second kappa shape index (κ2) is 9.55. The Kier molecular flexibility index (Phi) is 5.91. The number of nitrogens with zero attached hydrogens (tertiary/aromatic N) is 6. The molecule has 0 bridgehead atoms. The van der Waals surface area contributed by atoms with E-state index >= 15 is 0 Å². The molecule has 5 aromatic heterocycles. The summed E-state index contributed by atoms with van der Waals surface area (Å²) in [6, 6.07) is 6.03. The van der Waals surface area contributed by atoms with Crippen molar-refractivity contribution in [1.82, 2.24) is 30.1 Å². The van der Waals surface area contributed by atoms with Crippen LogP contribution in [0.2, 0.25) is 0 Å². The van der Waals surface area contributed by atoms with Crippen LogP contribution in [0.1, 0.15) is 26.2 Å². The molecule has 0 aliphatic heterocycles. The normalized spacial score (nSPS) is 14.0. The summed E-state index contributed by atoms with van der Waals surface area (Å²) >= 11 is 0. The van der Waals surface area contributed by atoms with Gasteiger partial charge in [-0.3, -0.25) is 24.9 Å². The van der Waals surface area contributed by atoms with Crippen molar-refractivity contribution >= 4 is 45.9 Å². The van der Waals surface area contributed by atoms with Gasteiger partial charge in [-0.2, -0.15) is 5.10 Å². The Bertz CT molecular complexity index is 1710. The van der Waals surface area contributed by atoms with Gasteiger partial charge in [-0.25, -0.2) is 4.98 Å². The van der Waals surface area contributed by atoms with Crippen LogP contribution in [0.3, 0.4) is 0 Å². The zero-order valence-corrected chi connectivity index (χ0v) is 21.2. The van der Waals surface area contributed by atoms with Crippen LogP contribution in [0.5, 0.6) is 0 Å². The van der Waals surface area contributed by atoms with E-state index in [1.165, 1.54) is 0 Å². The Morgan fingerprint density at radius 3 is 2.71 bits per heavy atom. The van der Waals surface area contributed by atoms with Crippen molar-refractivity contribution in [3.8, 4) is 22.5 Å². The first-order chi connectivity index (χ1) is 18.5. The zero-order valence-electron chi connectivity index (χ0n) is 21.2. The number of carbonyl (C=O) groups is 1. The number of H-pyrrole nitrogens is 2. The van der Waals surface area contributed by atoms with Crippen LogP contribution in [0.4, 0.5) is 11.4 Å². The summed E-state index contributed by atoms with van der Waals surface area (Å²) in [5.74, 6) is 0.168. The van der Waals surface area contributed by atoms with Crippen molar-refractivity contribution in [2.75, 3.05) is 17.3 Å². The number of fused-ring (bicyclic) bond motifs is 2. The van der Waals surface area contributed by atoms with Crippen LogP contribution < -0.4 is 10.2 Å². The van der Waals surface area contributed by atoms with Gasteiger partial charge in [0.1, 0.15) is 5.69 Å². The summed E-state index contributed by atoms with van der Waals surface area (Å²) in [6.07, 6.45) is 13.8. The number of hydrogen-bond acceptors (Lipinski definition) is 7. The molecular weight excluding hydrogens is 478 g/mol. The van der Waals surface area contributed by atoms with Gasteiger partial charge in [0.15, 0.2) is 5.65 Å². The molecule has 5 aromatic rings. The Hall–Kier alpha value is -4.86. The fourth-order valence-corrected chi connectivity index (χ4v) is 4.68. The summed E-state index contributed by atoms with van der Waals surface area (Å²) in [6.45, 7) is 5.49. The summed E-state index contributed by atoms with van der Waals surface area (Å²) in [5.41, 5.74) is 7.32. The maximum Gasteiger partial charge on any atom is 0.227 e. The lowest BCUT2D eigenvalue weighted by molar-refractivity contribution is -0.122. The minimum absolute atomic E-state index is 0.0608. The van der Waals surface area contributed by atoms with Gasteiger partial charge in [-0.05, 0) is 44.7 Å². The van der Waals surface area contributed by atoms with Gasteiger partial charge in [0.2, 0.25) is 5.91 Å². The predicted octanol–water partition coefficient (Wildman–Crippen LogP) is 5.30. The van der Waals surface area contributed by atoms with Gasteiger partial charge in [0.05, 0.1) is 46.9 Å². The van der Waals surface area contributed by atoms with Crippen LogP contribution in [0.25, 0.3) is 44.5 Å². The van der Waals surface area contributed by atoms with Gasteiger partial charge in [0, 0.05) is 53.5 Å². The molecule has 10 nitrogen and oxygen atoms in total. The molecular formula is C28H27N9O. The van der Waals surface area contributed by atoms with Crippen molar-refractivity contribution in [3.05, 3.63) is 61.1 Å². The number of nitrogens with one attached hydrogen (secondary N) is 3. The van der Waals surface area contributed by atoms with E-state index in [4.69, 9.17) is 0 Å². The SMILES string of the molecule is C=N/C(C)=C\N(C)c1cncc2[nH]c(-c3n[nH]c4ncc(-c5cncc(NC(=O)C6CCC6)c5)cc34)cc12. The van der Waals surface area contributed by atoms with Crippen LogP contribution in [-0.2, 0) is 4.79 Å². The fraction of sp³-hybridized carbons (Fsp3) is 0.214. The lowest BCUT2D eigenvalue weighted by Crippen LogP contribution is -2.28. The van der Waals surface area contributed by atoms with E-state index in [2.05, 4.69) is 53.2 Å². The second-order valence-corrected chi connectivity index (χ2v) is 9.61. The van der Waals surface area contributed by atoms with Crippen molar-refractivity contribution in [2.24, 2.45) is 10.9 Å². The third-order valence-corrected chi connectivity index (χ3v) is 7.02. The van der Waals surface area contributed by atoms with Gasteiger partial charge >= 0.3 is 0 Å². The molecule has 38 heavy (non-hydrogen) atoms. The van der Waals surface area contributed by atoms with E-state index in [1.807, 2.05) is 43.4 Å². The number of pyridine rings is 3. The lowest BCUT2D eigenvalue weighted by Gasteiger charge is -2.24. The van der Waals surface area contributed by atoms with Crippen LogP contribution in [0.15, 0.2) is 66.1 Å². The van der Waals surface area contributed by atoms with Crippen molar-refractivity contribution in [3.63, 3.8) is 0 Å². The molecule has 10 heteroatoms. The number of anilines is 2. The maximum absolute atomic E-state index is 12.4. The van der Waals surface area contributed by atoms with Gasteiger partial charge in [-0.1, -0.05) is 6.42 Å². The highest BCUT2D eigenvalue weighted by atomic mass is 16.1. The van der Waals surface area contributed by atoms with Crippen LogP contribution >= 0.6 is 0 Å². The Balaban J connectivity index is 1.36. The van der Waals surface area contributed by atoms with Gasteiger partial charge in [0.25, 0.3) is 0 Å². The average molecular weight is 506 g/mol. The monoisotopic (exact) mass is 505 g/mol. The third kappa shape index (κ3) is 4.30. The molecule has 0 saturated heterocycles. The first-order valence-electron chi connectivity index (χ1n) is 12.5. The van der Waals surface area contributed by atoms with E-state index in [1.54, 1.807) is 24.8 Å². The number of aromatic amines is 2. The summed E-state index contributed by atoms with van der Waals surface area (Å²) in [4.78, 5) is 35.1. The van der Waals surface area contributed by atoms with E-state index in [0.717, 1.165) is 69.5 Å². The Labute approximate surface area is 218 Å². The lowest BCUT2D eigenvalue weighted by atomic mass is 9.85. The molecule has 1 fully saturated rings. The number of allylic oxidation sites excluding steroid dienone is 1. The highest BCUT2D eigenvalue weighted by molar-refractivity contribution is 6.00. The number of rotatable bonds is 7. The molecule has 0 radical (unpaired) electrons. The molecule has 5 heterocycles. The third-order valence-electron chi connectivity index (χ3n) is 7.02. The summed E-state index contributed by atoms with van der Waals surface area (Å²) < 4.78 is 0. The number of carbonyl (C=O) groups excluding carboxylic acids is 1. The molecule has 0 aromatic carbocycles. The van der Waals surface area contributed by atoms with Crippen molar-refractivity contribution in [1.29, 1.82) is 0 Å². The summed E-state index contributed by atoms with van der Waals surface area (Å²) in [5, 5.41) is 12.5. The van der Waals surface area contributed by atoms with Crippen LogP contribution in [0, 0.1) is 5.92 Å². The first-order valence-corrected chi connectivity index (χ1v) is 12.5. The molecule has 6 rings (SSSR count). The van der Waals surface area contributed by atoms with E-state index < -0.39 is 0 Å². The molecule has 3 N–H and O–H groups in total. The molecule has 190 valence electrons. The topological polar surface area (TPSA) is 128 Å². The largest absolute Gasteiger partial charge is 0.352 e. The number of aromatic nitrogens is 6. The molecule has 1 saturated carbocycles. The Morgan fingerprint density at radius 2 is 1.92 bits per heavy atom. The van der Waals surface area contributed by atoms with E-state index in [-0.39, 0.29) is 11.8 Å². The van der Waals surface area contributed by atoms with E-state index in [9.17, 15) is 4.79 Å². The highest BCUT2D eigenvalue weighted by Crippen LogP contribution is 2.34. The van der Waals surface area contributed by atoms with Gasteiger partial charge < -0.3 is 15.2 Å². The second-order valence-electron chi connectivity index (χ2n) is 9.61. The molecule has 0 atom stereocenters.